The number of ether oxygens (including phenoxy) is 1. The van der Waals surface area contributed by atoms with Crippen LogP contribution >= 0.6 is 11.3 Å². The molecule has 0 unspecified atom stereocenters. The van der Waals surface area contributed by atoms with Gasteiger partial charge in [-0.25, -0.2) is 0 Å². The zero-order valence-corrected chi connectivity index (χ0v) is 9.54. The molecule has 1 aromatic carbocycles. The van der Waals surface area contributed by atoms with E-state index in [0.29, 0.717) is 13.0 Å². The molecule has 0 fully saturated rings. The standard InChI is InChI=1S/C13H11NOS/c14-7-5-11-1-3-13(4-2-11)15-9-12-6-8-16-10-12/h1-4,6,8,10H,5,9H2. The summed E-state index contributed by atoms with van der Waals surface area (Å²) >= 11 is 1.67. The summed E-state index contributed by atoms with van der Waals surface area (Å²) in [6.07, 6.45) is 0.449. The Morgan fingerprint density at radius 2 is 1.94 bits per heavy atom. The van der Waals surface area contributed by atoms with Gasteiger partial charge < -0.3 is 4.74 Å². The van der Waals surface area contributed by atoms with Gasteiger partial charge in [-0.3, -0.25) is 0 Å². The first-order valence-electron chi connectivity index (χ1n) is 4.98. The van der Waals surface area contributed by atoms with Crippen LogP contribution in [-0.4, -0.2) is 0 Å². The first kappa shape index (κ1) is 10.7. The second kappa shape index (κ2) is 5.34. The van der Waals surface area contributed by atoms with Crippen molar-refractivity contribution in [1.82, 2.24) is 0 Å². The number of nitrogens with zero attached hydrogens (tertiary/aromatic N) is 1. The van der Waals surface area contributed by atoms with Crippen molar-refractivity contribution in [2.75, 3.05) is 0 Å². The molecule has 0 amide bonds. The van der Waals surface area contributed by atoms with Gasteiger partial charge in [-0.15, -0.1) is 0 Å². The molecule has 2 rings (SSSR count). The average Bonchev–Trinajstić information content (AvgIpc) is 2.82. The lowest BCUT2D eigenvalue weighted by Gasteiger charge is -2.04. The first-order valence-corrected chi connectivity index (χ1v) is 5.92. The van der Waals surface area contributed by atoms with Gasteiger partial charge in [-0.1, -0.05) is 12.1 Å². The number of hydrogen-bond acceptors (Lipinski definition) is 3. The molecular formula is C13H11NOS. The molecule has 0 saturated carbocycles. The molecule has 3 heteroatoms. The number of hydrogen-bond donors (Lipinski definition) is 0. The van der Waals surface area contributed by atoms with Gasteiger partial charge in [0.25, 0.3) is 0 Å². The Hall–Kier alpha value is -1.79. The maximum Gasteiger partial charge on any atom is 0.119 e. The number of nitriles is 1. The van der Waals surface area contributed by atoms with E-state index < -0.39 is 0 Å². The monoisotopic (exact) mass is 229 g/mol. The highest BCUT2D eigenvalue weighted by atomic mass is 32.1. The molecule has 1 heterocycles. The van der Waals surface area contributed by atoms with E-state index in [0.717, 1.165) is 11.3 Å². The topological polar surface area (TPSA) is 33.0 Å². The van der Waals surface area contributed by atoms with Crippen LogP contribution in [0.15, 0.2) is 41.1 Å². The third-order valence-corrected chi connectivity index (χ3v) is 2.92. The molecule has 0 aliphatic heterocycles. The molecular weight excluding hydrogens is 218 g/mol. The fourth-order valence-corrected chi connectivity index (χ4v) is 1.99. The molecule has 0 aliphatic carbocycles. The van der Waals surface area contributed by atoms with Gasteiger partial charge in [0.15, 0.2) is 0 Å². The lowest BCUT2D eigenvalue weighted by Crippen LogP contribution is -1.93. The minimum absolute atomic E-state index is 0.449. The highest BCUT2D eigenvalue weighted by molar-refractivity contribution is 7.07. The fraction of sp³-hybridized carbons (Fsp3) is 0.154. The number of benzene rings is 1. The minimum Gasteiger partial charge on any atom is -0.489 e. The molecule has 2 nitrogen and oxygen atoms in total. The summed E-state index contributed by atoms with van der Waals surface area (Å²) in [5.74, 6) is 0.841. The van der Waals surface area contributed by atoms with E-state index in [-0.39, 0.29) is 0 Å². The van der Waals surface area contributed by atoms with Crippen LogP contribution in [0, 0.1) is 11.3 Å². The minimum atomic E-state index is 0.449. The molecule has 80 valence electrons. The van der Waals surface area contributed by atoms with Gasteiger partial charge in [0.2, 0.25) is 0 Å². The summed E-state index contributed by atoms with van der Waals surface area (Å²) in [5.41, 5.74) is 2.21. The zero-order chi connectivity index (χ0) is 11.2. The molecule has 0 spiro atoms. The van der Waals surface area contributed by atoms with Crippen molar-refractivity contribution in [2.45, 2.75) is 13.0 Å². The van der Waals surface area contributed by atoms with Gasteiger partial charge >= 0.3 is 0 Å². The van der Waals surface area contributed by atoms with Crippen LogP contribution in [0.5, 0.6) is 5.75 Å². The van der Waals surface area contributed by atoms with Crippen LogP contribution in [0.3, 0.4) is 0 Å². The SMILES string of the molecule is N#CCc1ccc(OCc2ccsc2)cc1. The molecule has 2 aromatic rings. The summed E-state index contributed by atoms with van der Waals surface area (Å²) < 4.78 is 5.61. The highest BCUT2D eigenvalue weighted by Crippen LogP contribution is 2.15. The molecule has 0 radical (unpaired) electrons. The second-order valence-corrected chi connectivity index (χ2v) is 4.18. The highest BCUT2D eigenvalue weighted by Gasteiger charge is 1.97. The van der Waals surface area contributed by atoms with E-state index in [4.69, 9.17) is 10.00 Å². The van der Waals surface area contributed by atoms with Gasteiger partial charge in [-0.2, -0.15) is 16.6 Å². The van der Waals surface area contributed by atoms with Crippen molar-refractivity contribution in [1.29, 1.82) is 5.26 Å². The smallest absolute Gasteiger partial charge is 0.119 e. The van der Waals surface area contributed by atoms with Crippen molar-refractivity contribution in [3.05, 3.63) is 52.2 Å². The summed E-state index contributed by atoms with van der Waals surface area (Å²) in [4.78, 5) is 0. The van der Waals surface area contributed by atoms with Gasteiger partial charge in [0.05, 0.1) is 12.5 Å². The van der Waals surface area contributed by atoms with E-state index >= 15 is 0 Å². The Balaban J connectivity index is 1.93. The van der Waals surface area contributed by atoms with E-state index in [2.05, 4.69) is 17.5 Å². The van der Waals surface area contributed by atoms with Crippen LogP contribution in [0.4, 0.5) is 0 Å². The van der Waals surface area contributed by atoms with Crippen LogP contribution in [0.2, 0.25) is 0 Å². The Morgan fingerprint density at radius 1 is 1.12 bits per heavy atom. The average molecular weight is 229 g/mol. The van der Waals surface area contributed by atoms with Gasteiger partial charge in [-0.05, 0) is 40.1 Å². The van der Waals surface area contributed by atoms with E-state index in [1.165, 1.54) is 5.56 Å². The van der Waals surface area contributed by atoms with Crippen LogP contribution in [-0.2, 0) is 13.0 Å². The van der Waals surface area contributed by atoms with Crippen molar-refractivity contribution in [3.8, 4) is 11.8 Å². The third kappa shape index (κ3) is 2.85. The predicted octanol–water partition coefficient (Wildman–Crippen LogP) is 3.39. The second-order valence-electron chi connectivity index (χ2n) is 3.40. The maximum atomic E-state index is 8.54. The summed E-state index contributed by atoms with van der Waals surface area (Å²) in [6.45, 7) is 0.598. The third-order valence-electron chi connectivity index (χ3n) is 2.19. The normalized spacial score (nSPS) is 9.69. The van der Waals surface area contributed by atoms with Crippen LogP contribution < -0.4 is 4.74 Å². The Kier molecular flexibility index (Phi) is 3.58. The first-order chi connectivity index (χ1) is 7.88. The van der Waals surface area contributed by atoms with E-state index in [1.807, 2.05) is 29.6 Å². The van der Waals surface area contributed by atoms with Gasteiger partial charge in [0.1, 0.15) is 12.4 Å². The lowest BCUT2D eigenvalue weighted by molar-refractivity contribution is 0.306. The quantitative estimate of drug-likeness (QED) is 0.805. The molecule has 0 bridgehead atoms. The Bertz CT molecular complexity index is 468. The summed E-state index contributed by atoms with van der Waals surface area (Å²) in [6, 6.07) is 11.8. The van der Waals surface area contributed by atoms with Crippen molar-refractivity contribution in [2.24, 2.45) is 0 Å². The molecule has 0 atom stereocenters. The fourth-order valence-electron chi connectivity index (χ4n) is 1.34. The number of thiophene rings is 1. The van der Waals surface area contributed by atoms with Crippen LogP contribution in [0.1, 0.15) is 11.1 Å². The summed E-state index contributed by atoms with van der Waals surface area (Å²) in [7, 11) is 0. The Morgan fingerprint density at radius 3 is 2.56 bits per heavy atom. The van der Waals surface area contributed by atoms with Crippen molar-refractivity contribution in [3.63, 3.8) is 0 Å². The molecule has 0 saturated heterocycles. The Labute approximate surface area is 98.7 Å². The molecule has 16 heavy (non-hydrogen) atoms. The number of rotatable bonds is 4. The largest absolute Gasteiger partial charge is 0.489 e. The van der Waals surface area contributed by atoms with Crippen LogP contribution in [0.25, 0.3) is 0 Å². The maximum absolute atomic E-state index is 8.54. The lowest BCUT2D eigenvalue weighted by atomic mass is 10.2. The summed E-state index contributed by atoms with van der Waals surface area (Å²) in [5, 5.41) is 12.6. The molecule has 1 aromatic heterocycles. The zero-order valence-electron chi connectivity index (χ0n) is 8.72. The predicted molar refractivity (Wildman–Crippen MR) is 64.4 cm³/mol. The van der Waals surface area contributed by atoms with Crippen molar-refractivity contribution >= 4 is 11.3 Å². The van der Waals surface area contributed by atoms with Crippen molar-refractivity contribution < 1.29 is 4.74 Å². The van der Waals surface area contributed by atoms with E-state index in [9.17, 15) is 0 Å². The van der Waals surface area contributed by atoms with E-state index in [1.54, 1.807) is 11.3 Å². The van der Waals surface area contributed by atoms with Gasteiger partial charge in [0, 0.05) is 0 Å². The molecule has 0 N–H and O–H groups in total. The molecule has 0 aliphatic rings.